The van der Waals surface area contributed by atoms with Crippen LogP contribution in [-0.4, -0.2) is 12.5 Å². The third-order valence-corrected chi connectivity index (χ3v) is 2.85. The molecule has 0 aliphatic heterocycles. The van der Waals surface area contributed by atoms with Gasteiger partial charge in [0.15, 0.2) is 17.5 Å². The highest BCUT2D eigenvalue weighted by molar-refractivity contribution is 5.91. The molecule has 0 saturated heterocycles. The summed E-state index contributed by atoms with van der Waals surface area (Å²) in [6.07, 6.45) is -0.104. The molecule has 2 aromatic rings. The average molecular weight is 312 g/mol. The van der Waals surface area contributed by atoms with E-state index in [1.165, 1.54) is 18.2 Å². The van der Waals surface area contributed by atoms with Crippen molar-refractivity contribution in [2.24, 2.45) is 0 Å². The lowest BCUT2D eigenvalue weighted by molar-refractivity contribution is -0.116. The van der Waals surface area contributed by atoms with Gasteiger partial charge in [-0.3, -0.25) is 4.79 Å². The van der Waals surface area contributed by atoms with E-state index in [4.69, 9.17) is 0 Å². The van der Waals surface area contributed by atoms with E-state index in [2.05, 4.69) is 10.6 Å². The minimum atomic E-state index is -1.58. The highest BCUT2D eigenvalue weighted by Crippen LogP contribution is 2.19. The molecular formula is C15H12F4N2O. The Kier molecular flexibility index (Phi) is 4.98. The predicted molar refractivity (Wildman–Crippen MR) is 74.5 cm³/mol. The number of nitrogens with one attached hydrogen (secondary N) is 2. The molecule has 0 heterocycles. The summed E-state index contributed by atoms with van der Waals surface area (Å²) < 4.78 is 52.4. The molecule has 0 bridgehead atoms. The largest absolute Gasteiger partial charge is 0.382 e. The standard InChI is InChI=1S/C15H12F4N2O/c16-9-3-1-2-4-11(9)21-13(22)7-8-20-12-6-5-10(17)14(18)15(12)19/h1-6,20H,7-8H2,(H,21,22). The van der Waals surface area contributed by atoms with E-state index in [1.807, 2.05) is 0 Å². The maximum Gasteiger partial charge on any atom is 0.226 e. The molecule has 2 aromatic carbocycles. The highest BCUT2D eigenvalue weighted by atomic mass is 19.2. The van der Waals surface area contributed by atoms with Gasteiger partial charge in [0.05, 0.1) is 11.4 Å². The third-order valence-electron chi connectivity index (χ3n) is 2.85. The van der Waals surface area contributed by atoms with Crippen LogP contribution in [0.2, 0.25) is 0 Å². The summed E-state index contributed by atoms with van der Waals surface area (Å²) in [5.41, 5.74) is -0.218. The Balaban J connectivity index is 1.88. The maximum absolute atomic E-state index is 13.4. The van der Waals surface area contributed by atoms with Crippen molar-refractivity contribution >= 4 is 17.3 Å². The quantitative estimate of drug-likeness (QED) is 0.653. The Hall–Kier alpha value is -2.57. The molecule has 0 aliphatic rings. The second-order valence-corrected chi connectivity index (χ2v) is 4.43. The number of halogens is 4. The van der Waals surface area contributed by atoms with Crippen LogP contribution in [0.5, 0.6) is 0 Å². The van der Waals surface area contributed by atoms with Gasteiger partial charge in [-0.2, -0.15) is 0 Å². The van der Waals surface area contributed by atoms with Crippen LogP contribution in [0.25, 0.3) is 0 Å². The van der Waals surface area contributed by atoms with Gasteiger partial charge < -0.3 is 10.6 Å². The Morgan fingerprint density at radius 1 is 0.864 bits per heavy atom. The molecule has 0 aliphatic carbocycles. The van der Waals surface area contributed by atoms with Crippen molar-refractivity contribution in [2.45, 2.75) is 6.42 Å². The summed E-state index contributed by atoms with van der Waals surface area (Å²) in [5.74, 6) is -5.30. The molecule has 0 saturated carbocycles. The second-order valence-electron chi connectivity index (χ2n) is 4.43. The minimum Gasteiger partial charge on any atom is -0.382 e. The van der Waals surface area contributed by atoms with Gasteiger partial charge in [0, 0.05) is 13.0 Å². The lowest BCUT2D eigenvalue weighted by Crippen LogP contribution is -2.17. The molecule has 2 N–H and O–H groups in total. The van der Waals surface area contributed by atoms with Gasteiger partial charge in [-0.15, -0.1) is 0 Å². The average Bonchev–Trinajstić information content (AvgIpc) is 2.50. The van der Waals surface area contributed by atoms with Crippen LogP contribution >= 0.6 is 0 Å². The fourth-order valence-electron chi connectivity index (χ4n) is 1.75. The van der Waals surface area contributed by atoms with Crippen molar-refractivity contribution in [3.63, 3.8) is 0 Å². The van der Waals surface area contributed by atoms with Gasteiger partial charge in [-0.1, -0.05) is 12.1 Å². The molecule has 22 heavy (non-hydrogen) atoms. The molecule has 2 rings (SSSR count). The monoisotopic (exact) mass is 312 g/mol. The summed E-state index contributed by atoms with van der Waals surface area (Å²) in [6.45, 7) is -0.0255. The van der Waals surface area contributed by atoms with Crippen LogP contribution in [0, 0.1) is 23.3 Å². The summed E-state index contributed by atoms with van der Waals surface area (Å²) >= 11 is 0. The van der Waals surface area contributed by atoms with Crippen molar-refractivity contribution in [3.8, 4) is 0 Å². The molecule has 3 nitrogen and oxygen atoms in total. The number of carbonyl (C=O) groups is 1. The minimum absolute atomic E-state index is 0.0255. The normalized spacial score (nSPS) is 10.4. The van der Waals surface area contributed by atoms with E-state index >= 15 is 0 Å². The first kappa shape index (κ1) is 15.8. The van der Waals surface area contributed by atoms with Crippen molar-refractivity contribution in [1.82, 2.24) is 0 Å². The first-order valence-electron chi connectivity index (χ1n) is 6.41. The Bertz CT molecular complexity index is 691. The van der Waals surface area contributed by atoms with Gasteiger partial charge >= 0.3 is 0 Å². The van der Waals surface area contributed by atoms with E-state index in [1.54, 1.807) is 6.07 Å². The van der Waals surface area contributed by atoms with Crippen molar-refractivity contribution < 1.29 is 22.4 Å². The van der Waals surface area contributed by atoms with Crippen LogP contribution in [-0.2, 0) is 4.79 Å². The van der Waals surface area contributed by atoms with Crippen LogP contribution in [0.3, 0.4) is 0 Å². The topological polar surface area (TPSA) is 41.1 Å². The summed E-state index contributed by atoms with van der Waals surface area (Å²) in [7, 11) is 0. The summed E-state index contributed by atoms with van der Waals surface area (Å²) in [5, 5.41) is 4.83. The van der Waals surface area contributed by atoms with E-state index in [0.717, 1.165) is 12.1 Å². The van der Waals surface area contributed by atoms with E-state index in [-0.39, 0.29) is 24.3 Å². The smallest absolute Gasteiger partial charge is 0.226 e. The fraction of sp³-hybridized carbons (Fsp3) is 0.133. The van der Waals surface area contributed by atoms with E-state index < -0.39 is 29.2 Å². The molecule has 0 fully saturated rings. The van der Waals surface area contributed by atoms with Crippen LogP contribution in [0.1, 0.15) is 6.42 Å². The SMILES string of the molecule is O=C(CCNc1ccc(F)c(F)c1F)Nc1ccccc1F. The number of anilines is 2. The summed E-state index contributed by atoms with van der Waals surface area (Å²) in [4.78, 5) is 11.6. The van der Waals surface area contributed by atoms with Crippen molar-refractivity contribution in [1.29, 1.82) is 0 Å². The number of hydrogen-bond acceptors (Lipinski definition) is 2. The van der Waals surface area contributed by atoms with Crippen LogP contribution in [0.15, 0.2) is 36.4 Å². The van der Waals surface area contributed by atoms with Gasteiger partial charge in [0.25, 0.3) is 0 Å². The first-order valence-corrected chi connectivity index (χ1v) is 6.41. The molecule has 0 unspecified atom stereocenters. The fourth-order valence-corrected chi connectivity index (χ4v) is 1.75. The number of para-hydroxylation sites is 1. The molecule has 0 radical (unpaired) electrons. The Labute approximate surface area is 124 Å². The lowest BCUT2D eigenvalue weighted by atomic mass is 10.2. The molecule has 0 atom stereocenters. The Morgan fingerprint density at radius 2 is 1.59 bits per heavy atom. The van der Waals surface area contributed by atoms with E-state index in [0.29, 0.717) is 0 Å². The zero-order chi connectivity index (χ0) is 16.1. The molecule has 1 amide bonds. The molecular weight excluding hydrogens is 300 g/mol. The third kappa shape index (κ3) is 3.75. The highest BCUT2D eigenvalue weighted by Gasteiger charge is 2.13. The molecule has 7 heteroatoms. The number of carbonyl (C=O) groups excluding carboxylic acids is 1. The van der Waals surface area contributed by atoms with Crippen LogP contribution in [0.4, 0.5) is 28.9 Å². The maximum atomic E-state index is 13.4. The molecule has 0 spiro atoms. The van der Waals surface area contributed by atoms with Crippen molar-refractivity contribution in [3.05, 3.63) is 59.7 Å². The zero-order valence-electron chi connectivity index (χ0n) is 11.3. The van der Waals surface area contributed by atoms with Crippen LogP contribution < -0.4 is 10.6 Å². The lowest BCUT2D eigenvalue weighted by Gasteiger charge is -2.09. The molecule has 0 aromatic heterocycles. The number of amides is 1. The van der Waals surface area contributed by atoms with Gasteiger partial charge in [-0.25, -0.2) is 17.6 Å². The number of rotatable bonds is 5. The van der Waals surface area contributed by atoms with Gasteiger partial charge in [0.1, 0.15) is 5.82 Å². The second kappa shape index (κ2) is 6.93. The molecule has 116 valence electrons. The summed E-state index contributed by atoms with van der Waals surface area (Å²) in [6, 6.07) is 7.45. The van der Waals surface area contributed by atoms with Gasteiger partial charge in [0.2, 0.25) is 5.91 Å². The van der Waals surface area contributed by atoms with E-state index in [9.17, 15) is 22.4 Å². The first-order chi connectivity index (χ1) is 10.5. The van der Waals surface area contributed by atoms with Crippen molar-refractivity contribution in [2.75, 3.05) is 17.2 Å². The number of hydrogen-bond donors (Lipinski definition) is 2. The zero-order valence-corrected chi connectivity index (χ0v) is 11.3. The Morgan fingerprint density at radius 3 is 2.32 bits per heavy atom. The van der Waals surface area contributed by atoms with Gasteiger partial charge in [-0.05, 0) is 24.3 Å². The number of benzene rings is 2. The predicted octanol–water partition coefficient (Wildman–Crippen LogP) is 3.68.